The standard InChI is InChI=1S/C12H15BrSi/c1-14(2,3)12-10-6-4-5-9(10)7-8-11(12)13/h4-5,7-8H,6H2,1-3H3. The molecule has 0 bridgehead atoms. The molecule has 0 saturated carbocycles. The fourth-order valence-corrected chi connectivity index (χ4v) is 6.23. The van der Waals surface area contributed by atoms with Crippen molar-refractivity contribution in [3.8, 4) is 0 Å². The van der Waals surface area contributed by atoms with Crippen LogP contribution in [0.5, 0.6) is 0 Å². The van der Waals surface area contributed by atoms with Crippen LogP contribution in [0, 0.1) is 0 Å². The molecule has 1 aromatic rings. The minimum Gasteiger partial charge on any atom is -0.0795 e. The van der Waals surface area contributed by atoms with Crippen LogP contribution < -0.4 is 5.19 Å². The lowest BCUT2D eigenvalue weighted by Crippen LogP contribution is -2.41. The highest BCUT2D eigenvalue weighted by Crippen LogP contribution is 2.24. The first kappa shape index (κ1) is 10.2. The van der Waals surface area contributed by atoms with Gasteiger partial charge in [-0.25, -0.2) is 0 Å². The van der Waals surface area contributed by atoms with Gasteiger partial charge in [-0.2, -0.15) is 0 Å². The third-order valence-corrected chi connectivity index (χ3v) is 5.77. The van der Waals surface area contributed by atoms with E-state index >= 15 is 0 Å². The Labute approximate surface area is 95.2 Å². The molecule has 0 radical (unpaired) electrons. The lowest BCUT2D eigenvalue weighted by atomic mass is 10.1. The maximum Gasteiger partial charge on any atom is 0.0794 e. The highest BCUT2D eigenvalue weighted by molar-refractivity contribution is 9.10. The maximum atomic E-state index is 3.69. The van der Waals surface area contributed by atoms with Crippen molar-refractivity contribution in [2.75, 3.05) is 0 Å². The van der Waals surface area contributed by atoms with E-state index in [0.717, 1.165) is 6.42 Å². The maximum absolute atomic E-state index is 3.69. The van der Waals surface area contributed by atoms with Crippen LogP contribution in [0.15, 0.2) is 22.7 Å². The number of allylic oxidation sites excluding steroid dienone is 1. The zero-order valence-corrected chi connectivity index (χ0v) is 11.5. The second-order valence-corrected chi connectivity index (χ2v) is 10.7. The summed E-state index contributed by atoms with van der Waals surface area (Å²) in [4.78, 5) is 0. The Hall–Kier alpha value is -0.343. The monoisotopic (exact) mass is 266 g/mol. The summed E-state index contributed by atoms with van der Waals surface area (Å²) in [5, 5.41) is 1.60. The van der Waals surface area contributed by atoms with Crippen molar-refractivity contribution in [2.24, 2.45) is 0 Å². The van der Waals surface area contributed by atoms with E-state index in [9.17, 15) is 0 Å². The summed E-state index contributed by atoms with van der Waals surface area (Å²) in [6, 6.07) is 4.41. The average Bonchev–Trinajstić information content (AvgIpc) is 2.48. The Kier molecular flexibility index (Phi) is 2.44. The molecule has 74 valence electrons. The third-order valence-electron chi connectivity index (χ3n) is 2.67. The SMILES string of the molecule is C[Si](C)(C)c1c(Br)ccc2c1CC=C2. The highest BCUT2D eigenvalue weighted by atomic mass is 79.9. The van der Waals surface area contributed by atoms with Gasteiger partial charge in [-0.05, 0) is 28.8 Å². The van der Waals surface area contributed by atoms with Crippen molar-refractivity contribution in [1.29, 1.82) is 0 Å². The molecule has 1 aromatic carbocycles. The summed E-state index contributed by atoms with van der Waals surface area (Å²) in [5.41, 5.74) is 2.98. The van der Waals surface area contributed by atoms with Gasteiger partial charge >= 0.3 is 0 Å². The zero-order chi connectivity index (χ0) is 10.3. The Morgan fingerprint density at radius 1 is 1.21 bits per heavy atom. The highest BCUT2D eigenvalue weighted by Gasteiger charge is 2.25. The number of fused-ring (bicyclic) bond motifs is 1. The molecule has 0 spiro atoms. The molecule has 0 aromatic heterocycles. The molecule has 0 nitrogen and oxygen atoms in total. The summed E-state index contributed by atoms with van der Waals surface area (Å²) >= 11 is 3.69. The van der Waals surface area contributed by atoms with E-state index < -0.39 is 8.07 Å². The van der Waals surface area contributed by atoms with Gasteiger partial charge in [-0.1, -0.05) is 53.8 Å². The van der Waals surface area contributed by atoms with Gasteiger partial charge in [0.25, 0.3) is 0 Å². The van der Waals surface area contributed by atoms with E-state index in [4.69, 9.17) is 0 Å². The predicted octanol–water partition coefficient (Wildman–Crippen LogP) is 3.56. The van der Waals surface area contributed by atoms with Crippen molar-refractivity contribution in [2.45, 2.75) is 26.1 Å². The number of halogens is 1. The van der Waals surface area contributed by atoms with Gasteiger partial charge in [0, 0.05) is 4.47 Å². The Balaban J connectivity index is 2.66. The molecular weight excluding hydrogens is 252 g/mol. The van der Waals surface area contributed by atoms with Crippen molar-refractivity contribution < 1.29 is 0 Å². The second-order valence-electron chi connectivity index (χ2n) is 4.85. The lowest BCUT2D eigenvalue weighted by Gasteiger charge is -2.22. The van der Waals surface area contributed by atoms with Gasteiger partial charge in [0.2, 0.25) is 0 Å². The number of rotatable bonds is 1. The molecule has 1 aliphatic rings. The van der Waals surface area contributed by atoms with Gasteiger partial charge in [-0.3, -0.25) is 0 Å². The first-order chi connectivity index (χ1) is 6.50. The predicted molar refractivity (Wildman–Crippen MR) is 69.9 cm³/mol. The van der Waals surface area contributed by atoms with Gasteiger partial charge < -0.3 is 0 Å². The van der Waals surface area contributed by atoms with Crippen LogP contribution in [0.1, 0.15) is 11.1 Å². The molecule has 14 heavy (non-hydrogen) atoms. The van der Waals surface area contributed by atoms with Crippen LogP contribution in [0.3, 0.4) is 0 Å². The first-order valence-corrected chi connectivity index (χ1v) is 9.28. The van der Waals surface area contributed by atoms with E-state index in [-0.39, 0.29) is 0 Å². The summed E-state index contributed by atoms with van der Waals surface area (Å²) in [7, 11) is -1.22. The fraction of sp³-hybridized carbons (Fsp3) is 0.333. The van der Waals surface area contributed by atoms with Gasteiger partial charge in [0.1, 0.15) is 0 Å². The average molecular weight is 267 g/mol. The van der Waals surface area contributed by atoms with Crippen LogP contribution in [-0.2, 0) is 6.42 Å². The smallest absolute Gasteiger partial charge is 0.0794 e. The van der Waals surface area contributed by atoms with Gasteiger partial charge in [-0.15, -0.1) is 0 Å². The minimum atomic E-state index is -1.22. The second kappa shape index (κ2) is 3.35. The minimum absolute atomic E-state index is 1.12. The van der Waals surface area contributed by atoms with Crippen molar-refractivity contribution >= 4 is 35.3 Å². The molecule has 2 heteroatoms. The van der Waals surface area contributed by atoms with E-state index in [2.05, 4.69) is 59.9 Å². The topological polar surface area (TPSA) is 0 Å². The van der Waals surface area contributed by atoms with Crippen LogP contribution in [0.4, 0.5) is 0 Å². The van der Waals surface area contributed by atoms with E-state index in [1.807, 2.05) is 0 Å². The Morgan fingerprint density at radius 3 is 2.57 bits per heavy atom. The van der Waals surface area contributed by atoms with E-state index in [1.165, 1.54) is 10.0 Å². The lowest BCUT2D eigenvalue weighted by molar-refractivity contribution is 1.32. The molecule has 2 rings (SSSR count). The van der Waals surface area contributed by atoms with Gasteiger partial charge in [0.05, 0.1) is 8.07 Å². The van der Waals surface area contributed by atoms with Gasteiger partial charge in [0.15, 0.2) is 0 Å². The normalized spacial score (nSPS) is 14.6. The summed E-state index contributed by atoms with van der Waals surface area (Å²) < 4.78 is 1.30. The molecule has 1 aliphatic carbocycles. The molecule has 0 fully saturated rings. The molecular formula is C12H15BrSi. The summed E-state index contributed by atoms with van der Waals surface area (Å²) in [6.45, 7) is 7.23. The largest absolute Gasteiger partial charge is 0.0795 e. The molecule has 0 N–H and O–H groups in total. The van der Waals surface area contributed by atoms with Crippen LogP contribution in [0.25, 0.3) is 6.08 Å². The van der Waals surface area contributed by atoms with Crippen molar-refractivity contribution in [1.82, 2.24) is 0 Å². The quantitative estimate of drug-likeness (QED) is 0.682. The van der Waals surface area contributed by atoms with Crippen molar-refractivity contribution in [3.05, 3.63) is 33.8 Å². The van der Waals surface area contributed by atoms with E-state index in [0.29, 0.717) is 0 Å². The van der Waals surface area contributed by atoms with Crippen molar-refractivity contribution in [3.63, 3.8) is 0 Å². The molecule has 0 amide bonds. The molecule has 0 saturated heterocycles. The summed E-state index contributed by atoms with van der Waals surface area (Å²) in [6.07, 6.45) is 5.63. The molecule has 0 aliphatic heterocycles. The van der Waals surface area contributed by atoms with E-state index in [1.54, 1.807) is 10.8 Å². The first-order valence-electron chi connectivity index (χ1n) is 4.98. The van der Waals surface area contributed by atoms with Crippen LogP contribution in [0.2, 0.25) is 19.6 Å². The Bertz CT molecular complexity index is 400. The number of hydrogen-bond acceptors (Lipinski definition) is 0. The number of hydrogen-bond donors (Lipinski definition) is 0. The van der Waals surface area contributed by atoms with Crippen LogP contribution >= 0.6 is 15.9 Å². The number of benzene rings is 1. The molecule has 0 unspecified atom stereocenters. The third kappa shape index (κ3) is 1.61. The fourth-order valence-electron chi connectivity index (χ4n) is 2.13. The molecule has 0 atom stereocenters. The Morgan fingerprint density at radius 2 is 1.93 bits per heavy atom. The molecule has 0 heterocycles. The zero-order valence-electron chi connectivity index (χ0n) is 8.89. The summed E-state index contributed by atoms with van der Waals surface area (Å²) in [5.74, 6) is 0. The van der Waals surface area contributed by atoms with Crippen LogP contribution in [-0.4, -0.2) is 8.07 Å².